The van der Waals surface area contributed by atoms with Crippen LogP contribution in [0.2, 0.25) is 0 Å². The zero-order valence-corrected chi connectivity index (χ0v) is 13.9. The van der Waals surface area contributed by atoms with Crippen molar-refractivity contribution >= 4 is 22.6 Å². The predicted octanol–water partition coefficient (Wildman–Crippen LogP) is 5.51. The number of aromatic nitrogens is 2. The van der Waals surface area contributed by atoms with Crippen LogP contribution in [0.3, 0.4) is 0 Å². The zero-order chi connectivity index (χ0) is 16.8. The van der Waals surface area contributed by atoms with E-state index in [0.29, 0.717) is 0 Å². The van der Waals surface area contributed by atoms with Gasteiger partial charge in [0.2, 0.25) is 0 Å². The summed E-state index contributed by atoms with van der Waals surface area (Å²) in [6.45, 7) is 2.13. The summed E-state index contributed by atoms with van der Waals surface area (Å²) in [5, 5.41) is 1.17. The number of nitrogens with zero attached hydrogens (tertiary/aromatic N) is 2. The molecule has 0 saturated carbocycles. The van der Waals surface area contributed by atoms with Crippen LogP contribution >= 0.6 is 0 Å². The van der Waals surface area contributed by atoms with Crippen molar-refractivity contribution in [3.05, 3.63) is 95.3 Å². The molecule has 0 aliphatic heterocycles. The van der Waals surface area contributed by atoms with Gasteiger partial charge in [-0.1, -0.05) is 42.0 Å². The molecule has 0 N–H and O–H groups in total. The van der Waals surface area contributed by atoms with Crippen molar-refractivity contribution in [2.75, 3.05) is 0 Å². The lowest BCUT2D eigenvalue weighted by Crippen LogP contribution is -1.87. The minimum absolute atomic E-state index is 1.04. The van der Waals surface area contributed by atoms with E-state index in [2.05, 4.69) is 66.5 Å². The Kier molecular flexibility index (Phi) is 3.04. The molecule has 0 spiro atoms. The van der Waals surface area contributed by atoms with Gasteiger partial charge in [-0.15, -0.1) is 0 Å². The Morgan fingerprint density at radius 3 is 2.64 bits per heavy atom. The van der Waals surface area contributed by atoms with E-state index in [1.807, 2.05) is 18.3 Å². The highest BCUT2D eigenvalue weighted by Crippen LogP contribution is 2.45. The predicted molar refractivity (Wildman–Crippen MR) is 103 cm³/mol. The third kappa shape index (κ3) is 2.26. The first-order chi connectivity index (χ1) is 12.3. The van der Waals surface area contributed by atoms with Gasteiger partial charge in [0, 0.05) is 28.9 Å². The summed E-state index contributed by atoms with van der Waals surface area (Å²) in [5.41, 5.74) is 9.35. The van der Waals surface area contributed by atoms with Crippen molar-refractivity contribution in [2.24, 2.45) is 0 Å². The summed E-state index contributed by atoms with van der Waals surface area (Å²) in [7, 11) is 0. The number of hydrogen-bond acceptors (Lipinski definition) is 2. The first-order valence-electron chi connectivity index (χ1n) is 8.43. The van der Waals surface area contributed by atoms with Gasteiger partial charge in [-0.05, 0) is 54.0 Å². The van der Waals surface area contributed by atoms with Crippen LogP contribution < -0.4 is 0 Å². The smallest absolute Gasteiger partial charge is 0.0794 e. The fourth-order valence-electron chi connectivity index (χ4n) is 3.54. The third-order valence-electron chi connectivity index (χ3n) is 4.73. The maximum atomic E-state index is 4.97. The Bertz CT molecular complexity index is 1140. The van der Waals surface area contributed by atoms with Crippen molar-refractivity contribution < 1.29 is 0 Å². The summed E-state index contributed by atoms with van der Waals surface area (Å²) >= 11 is 0. The van der Waals surface area contributed by atoms with Gasteiger partial charge >= 0.3 is 0 Å². The Labute approximate surface area is 146 Å². The molecule has 0 amide bonds. The van der Waals surface area contributed by atoms with Crippen LogP contribution in [0, 0.1) is 6.92 Å². The molecule has 2 heteroatoms. The summed E-state index contributed by atoms with van der Waals surface area (Å²) in [5.74, 6) is 0. The molecule has 0 radical (unpaired) electrons. The Balaban J connectivity index is 1.84. The second-order valence-electron chi connectivity index (χ2n) is 6.47. The molecule has 118 valence electrons. The van der Waals surface area contributed by atoms with E-state index in [1.165, 1.54) is 33.2 Å². The molecule has 0 fully saturated rings. The molecule has 4 aromatic rings. The number of rotatable bonds is 1. The highest BCUT2D eigenvalue weighted by molar-refractivity contribution is 6.07. The first-order valence-corrected chi connectivity index (χ1v) is 8.43. The number of benzene rings is 2. The molecule has 2 aromatic heterocycles. The fraction of sp³-hybridized carbons (Fsp3) is 0.0435. The molecule has 0 saturated heterocycles. The van der Waals surface area contributed by atoms with E-state index in [9.17, 15) is 0 Å². The van der Waals surface area contributed by atoms with Gasteiger partial charge in [-0.2, -0.15) is 0 Å². The Morgan fingerprint density at radius 1 is 0.840 bits per heavy atom. The summed E-state index contributed by atoms with van der Waals surface area (Å²) in [6, 6.07) is 21.2. The molecule has 2 nitrogen and oxygen atoms in total. The molecule has 1 aliphatic rings. The molecule has 0 unspecified atom stereocenters. The standard InChI is InChI=1S/C23H16N2/c1-15-8-9-18-19(12-16-5-4-10-24-14-16)21-13-17-6-2-3-7-22(17)25-23(21)20(18)11-15/h2-14H,1H3. The van der Waals surface area contributed by atoms with Gasteiger partial charge < -0.3 is 0 Å². The summed E-state index contributed by atoms with van der Waals surface area (Å²) < 4.78 is 0. The SMILES string of the molecule is Cc1ccc2c(c1)-c1nc3ccccc3cc1C2=Cc1cccnc1. The average molecular weight is 320 g/mol. The van der Waals surface area contributed by atoms with Crippen molar-refractivity contribution in [3.8, 4) is 11.3 Å². The number of fused-ring (bicyclic) bond motifs is 4. The van der Waals surface area contributed by atoms with Gasteiger partial charge in [0.1, 0.15) is 0 Å². The van der Waals surface area contributed by atoms with E-state index in [4.69, 9.17) is 4.98 Å². The maximum absolute atomic E-state index is 4.97. The van der Waals surface area contributed by atoms with E-state index in [0.717, 1.165) is 16.8 Å². The van der Waals surface area contributed by atoms with Gasteiger partial charge in [0.05, 0.1) is 11.2 Å². The van der Waals surface area contributed by atoms with Crippen LogP contribution in [0.15, 0.2) is 73.1 Å². The van der Waals surface area contributed by atoms with Crippen molar-refractivity contribution in [1.82, 2.24) is 9.97 Å². The van der Waals surface area contributed by atoms with Crippen LogP contribution in [0.4, 0.5) is 0 Å². The number of hydrogen-bond donors (Lipinski definition) is 0. The van der Waals surface area contributed by atoms with E-state index in [1.54, 1.807) is 6.20 Å². The van der Waals surface area contributed by atoms with Crippen LogP contribution in [0.5, 0.6) is 0 Å². The zero-order valence-electron chi connectivity index (χ0n) is 13.9. The molecule has 2 heterocycles. The quantitative estimate of drug-likeness (QED) is 0.407. The van der Waals surface area contributed by atoms with Crippen molar-refractivity contribution in [1.29, 1.82) is 0 Å². The summed E-state index contributed by atoms with van der Waals surface area (Å²) in [6.07, 6.45) is 5.91. The number of para-hydroxylation sites is 1. The lowest BCUT2D eigenvalue weighted by molar-refractivity contribution is 1.32. The number of aryl methyl sites for hydroxylation is 1. The van der Waals surface area contributed by atoms with Crippen LogP contribution in [-0.4, -0.2) is 9.97 Å². The first kappa shape index (κ1) is 14.1. The minimum Gasteiger partial charge on any atom is -0.264 e. The molecule has 1 aliphatic carbocycles. The van der Waals surface area contributed by atoms with Gasteiger partial charge in [-0.3, -0.25) is 4.98 Å². The third-order valence-corrected chi connectivity index (χ3v) is 4.73. The fourth-order valence-corrected chi connectivity index (χ4v) is 3.54. The van der Waals surface area contributed by atoms with Crippen molar-refractivity contribution in [3.63, 3.8) is 0 Å². The topological polar surface area (TPSA) is 25.8 Å². The largest absolute Gasteiger partial charge is 0.264 e. The monoisotopic (exact) mass is 320 g/mol. The Hall–Kier alpha value is -3.26. The van der Waals surface area contributed by atoms with Gasteiger partial charge in [-0.25, -0.2) is 4.98 Å². The molecule has 0 atom stereocenters. The second-order valence-corrected chi connectivity index (χ2v) is 6.47. The summed E-state index contributed by atoms with van der Waals surface area (Å²) in [4.78, 5) is 9.22. The molecule has 2 aromatic carbocycles. The molecule has 25 heavy (non-hydrogen) atoms. The maximum Gasteiger partial charge on any atom is 0.0794 e. The molecular weight excluding hydrogens is 304 g/mol. The van der Waals surface area contributed by atoms with E-state index in [-0.39, 0.29) is 0 Å². The lowest BCUT2D eigenvalue weighted by Gasteiger charge is -2.05. The molecular formula is C23H16N2. The lowest BCUT2D eigenvalue weighted by atomic mass is 10.0. The highest BCUT2D eigenvalue weighted by Gasteiger charge is 2.25. The van der Waals surface area contributed by atoms with Crippen LogP contribution in [0.1, 0.15) is 22.3 Å². The minimum atomic E-state index is 1.04. The number of pyridine rings is 2. The van der Waals surface area contributed by atoms with Gasteiger partial charge in [0.25, 0.3) is 0 Å². The van der Waals surface area contributed by atoms with E-state index >= 15 is 0 Å². The highest BCUT2D eigenvalue weighted by atomic mass is 14.7. The normalized spacial score (nSPS) is 13.9. The van der Waals surface area contributed by atoms with Gasteiger partial charge in [0.15, 0.2) is 0 Å². The van der Waals surface area contributed by atoms with Crippen LogP contribution in [0.25, 0.3) is 33.8 Å². The van der Waals surface area contributed by atoms with Crippen molar-refractivity contribution in [2.45, 2.75) is 6.92 Å². The second kappa shape index (κ2) is 5.38. The molecule has 5 rings (SSSR count). The average Bonchev–Trinajstić information content (AvgIpc) is 2.93. The van der Waals surface area contributed by atoms with E-state index < -0.39 is 0 Å². The molecule has 0 bridgehead atoms. The Morgan fingerprint density at radius 2 is 1.76 bits per heavy atom. The van der Waals surface area contributed by atoms with Crippen LogP contribution in [-0.2, 0) is 0 Å².